The van der Waals surface area contributed by atoms with Gasteiger partial charge in [0.1, 0.15) is 0 Å². The Kier molecular flexibility index (Phi) is 5.29. The Bertz CT molecular complexity index is 751. The first-order chi connectivity index (χ1) is 11.6. The highest BCUT2D eigenvalue weighted by atomic mass is 35.5. The fourth-order valence-electron chi connectivity index (χ4n) is 2.62. The molecule has 0 aromatic heterocycles. The lowest BCUT2D eigenvalue weighted by Gasteiger charge is -2.26. The third-order valence-corrected chi connectivity index (χ3v) is 4.35. The van der Waals surface area contributed by atoms with Gasteiger partial charge in [-0.25, -0.2) is 0 Å². The Balaban J connectivity index is 1.89. The van der Waals surface area contributed by atoms with Crippen molar-refractivity contribution < 1.29 is 0 Å². The summed E-state index contributed by atoms with van der Waals surface area (Å²) >= 11 is 12.0. The molecule has 0 spiro atoms. The normalized spacial score (nSPS) is 10.6. The Morgan fingerprint density at radius 1 is 0.667 bits per heavy atom. The highest BCUT2D eigenvalue weighted by molar-refractivity contribution is 6.30. The van der Waals surface area contributed by atoms with Gasteiger partial charge in [0, 0.05) is 23.1 Å². The van der Waals surface area contributed by atoms with Gasteiger partial charge in [-0.2, -0.15) is 0 Å². The monoisotopic (exact) mass is 356 g/mol. The number of nitrogens with two attached hydrogens (primary N) is 1. The predicted octanol–water partition coefficient (Wildman–Crippen LogP) is 5.78. The van der Waals surface area contributed by atoms with E-state index in [0.29, 0.717) is 0 Å². The van der Waals surface area contributed by atoms with Gasteiger partial charge < -0.3 is 10.6 Å². The number of nitrogen functional groups attached to an aromatic ring is 1. The summed E-state index contributed by atoms with van der Waals surface area (Å²) in [5, 5.41) is 1.48. The van der Waals surface area contributed by atoms with E-state index >= 15 is 0 Å². The van der Waals surface area contributed by atoms with Crippen molar-refractivity contribution in [3.63, 3.8) is 0 Å². The lowest BCUT2D eigenvalue weighted by Crippen LogP contribution is -2.23. The molecule has 3 aromatic carbocycles. The van der Waals surface area contributed by atoms with Crippen molar-refractivity contribution >= 4 is 34.6 Å². The van der Waals surface area contributed by atoms with Crippen molar-refractivity contribution in [3.8, 4) is 0 Å². The first-order valence-corrected chi connectivity index (χ1v) is 8.46. The summed E-state index contributed by atoms with van der Waals surface area (Å²) in [6.07, 6.45) is 0. The highest BCUT2D eigenvalue weighted by Gasteiger charge is 2.11. The molecule has 0 fully saturated rings. The summed E-state index contributed by atoms with van der Waals surface area (Å²) < 4.78 is 0. The molecule has 0 unspecified atom stereocenters. The number of benzene rings is 3. The minimum Gasteiger partial charge on any atom is -0.397 e. The topological polar surface area (TPSA) is 29.3 Å². The molecule has 0 radical (unpaired) electrons. The molecule has 122 valence electrons. The smallest absolute Gasteiger partial charge is 0.0605 e. The standard InChI is InChI=1S/C20H18Cl2N2/c21-17-9-5-15(6-10-17)13-24(20-4-2-1-3-19(20)23)14-16-7-11-18(22)12-8-16/h1-12H,13-14,23H2. The third-order valence-electron chi connectivity index (χ3n) is 3.85. The van der Waals surface area contributed by atoms with Crippen LogP contribution in [0.5, 0.6) is 0 Å². The van der Waals surface area contributed by atoms with Crippen LogP contribution in [0.1, 0.15) is 11.1 Å². The van der Waals surface area contributed by atoms with Crippen LogP contribution in [0.3, 0.4) is 0 Å². The number of rotatable bonds is 5. The maximum Gasteiger partial charge on any atom is 0.0605 e. The van der Waals surface area contributed by atoms with Gasteiger partial charge in [0.15, 0.2) is 0 Å². The van der Waals surface area contributed by atoms with E-state index in [1.54, 1.807) is 0 Å². The zero-order valence-corrected chi connectivity index (χ0v) is 14.6. The fraction of sp³-hybridized carbons (Fsp3) is 0.100. The molecule has 0 aliphatic carbocycles. The highest BCUT2D eigenvalue weighted by Crippen LogP contribution is 2.27. The summed E-state index contributed by atoms with van der Waals surface area (Å²) in [4.78, 5) is 2.25. The molecule has 24 heavy (non-hydrogen) atoms. The molecule has 0 amide bonds. The number of hydrogen-bond acceptors (Lipinski definition) is 2. The van der Waals surface area contributed by atoms with Crippen molar-refractivity contribution in [2.24, 2.45) is 0 Å². The van der Waals surface area contributed by atoms with Gasteiger partial charge in [-0.3, -0.25) is 0 Å². The van der Waals surface area contributed by atoms with Crippen LogP contribution in [0.15, 0.2) is 72.8 Å². The summed E-state index contributed by atoms with van der Waals surface area (Å²) in [6, 6.07) is 23.7. The number of halogens is 2. The molecule has 3 rings (SSSR count). The summed E-state index contributed by atoms with van der Waals surface area (Å²) in [5.74, 6) is 0. The van der Waals surface area contributed by atoms with Gasteiger partial charge in [-0.15, -0.1) is 0 Å². The van der Waals surface area contributed by atoms with Gasteiger partial charge in [0.25, 0.3) is 0 Å². The number of nitrogens with zero attached hydrogens (tertiary/aromatic N) is 1. The van der Waals surface area contributed by atoms with Crippen molar-refractivity contribution in [3.05, 3.63) is 94.0 Å². The lowest BCUT2D eigenvalue weighted by atomic mass is 10.1. The largest absolute Gasteiger partial charge is 0.397 e. The van der Waals surface area contributed by atoms with E-state index in [0.717, 1.165) is 34.5 Å². The molecule has 4 heteroatoms. The van der Waals surface area contributed by atoms with Gasteiger partial charge in [-0.1, -0.05) is 59.6 Å². The van der Waals surface area contributed by atoms with Crippen molar-refractivity contribution in [1.29, 1.82) is 0 Å². The molecular weight excluding hydrogens is 339 g/mol. The minimum absolute atomic E-state index is 0.738. The Labute approximate surface area is 152 Å². The van der Waals surface area contributed by atoms with Crippen LogP contribution in [-0.4, -0.2) is 0 Å². The van der Waals surface area contributed by atoms with Crippen LogP contribution in [0.25, 0.3) is 0 Å². The Morgan fingerprint density at radius 2 is 1.12 bits per heavy atom. The van der Waals surface area contributed by atoms with Gasteiger partial charge in [-0.05, 0) is 47.5 Å². The second-order valence-electron chi connectivity index (χ2n) is 5.67. The van der Waals surface area contributed by atoms with Gasteiger partial charge in [0.05, 0.1) is 11.4 Å². The molecule has 0 bridgehead atoms. The van der Waals surface area contributed by atoms with E-state index < -0.39 is 0 Å². The number of hydrogen-bond donors (Lipinski definition) is 1. The summed E-state index contributed by atoms with van der Waals surface area (Å²) in [6.45, 7) is 1.49. The van der Waals surface area contributed by atoms with Crippen LogP contribution < -0.4 is 10.6 Å². The maximum atomic E-state index is 6.19. The molecule has 0 aliphatic heterocycles. The van der Waals surface area contributed by atoms with E-state index in [2.05, 4.69) is 4.90 Å². The second kappa shape index (κ2) is 7.61. The Morgan fingerprint density at radius 3 is 1.58 bits per heavy atom. The Hall–Kier alpha value is -2.16. The molecule has 0 saturated heterocycles. The molecule has 0 atom stereocenters. The SMILES string of the molecule is Nc1ccccc1N(Cc1ccc(Cl)cc1)Cc1ccc(Cl)cc1. The number of anilines is 2. The van der Waals surface area contributed by atoms with E-state index in [-0.39, 0.29) is 0 Å². The molecule has 0 heterocycles. The molecule has 0 saturated carbocycles. The van der Waals surface area contributed by atoms with Crippen LogP contribution in [0.4, 0.5) is 11.4 Å². The third kappa shape index (κ3) is 4.22. The van der Waals surface area contributed by atoms with Crippen molar-refractivity contribution in [2.75, 3.05) is 10.6 Å². The first kappa shape index (κ1) is 16.7. The van der Waals surface area contributed by atoms with Gasteiger partial charge in [0.2, 0.25) is 0 Å². The second-order valence-corrected chi connectivity index (χ2v) is 6.54. The zero-order chi connectivity index (χ0) is 16.9. The van der Waals surface area contributed by atoms with Crippen molar-refractivity contribution in [2.45, 2.75) is 13.1 Å². The minimum atomic E-state index is 0.738. The van der Waals surface area contributed by atoms with Crippen LogP contribution in [-0.2, 0) is 13.1 Å². The molecule has 3 aromatic rings. The maximum absolute atomic E-state index is 6.19. The molecule has 0 aliphatic rings. The molecular formula is C20H18Cl2N2. The summed E-state index contributed by atoms with van der Waals surface area (Å²) in [7, 11) is 0. The van der Waals surface area contributed by atoms with Gasteiger partial charge >= 0.3 is 0 Å². The van der Waals surface area contributed by atoms with Crippen LogP contribution in [0, 0.1) is 0 Å². The average molecular weight is 357 g/mol. The fourth-order valence-corrected chi connectivity index (χ4v) is 2.87. The van der Waals surface area contributed by atoms with Crippen LogP contribution in [0.2, 0.25) is 10.0 Å². The van der Waals surface area contributed by atoms with Crippen LogP contribution >= 0.6 is 23.2 Å². The lowest BCUT2D eigenvalue weighted by molar-refractivity contribution is 0.801. The summed E-state index contributed by atoms with van der Waals surface area (Å²) in [5.41, 5.74) is 10.3. The zero-order valence-electron chi connectivity index (χ0n) is 13.1. The quantitative estimate of drug-likeness (QED) is 0.586. The number of para-hydroxylation sites is 2. The van der Waals surface area contributed by atoms with Crippen molar-refractivity contribution in [1.82, 2.24) is 0 Å². The van der Waals surface area contributed by atoms with E-state index in [1.165, 1.54) is 11.1 Å². The molecule has 2 nitrogen and oxygen atoms in total. The molecule has 2 N–H and O–H groups in total. The first-order valence-electron chi connectivity index (χ1n) is 7.70. The van der Waals surface area contributed by atoms with E-state index in [1.807, 2.05) is 72.8 Å². The average Bonchev–Trinajstić information content (AvgIpc) is 2.59. The van der Waals surface area contributed by atoms with E-state index in [9.17, 15) is 0 Å². The predicted molar refractivity (Wildman–Crippen MR) is 104 cm³/mol. The van der Waals surface area contributed by atoms with E-state index in [4.69, 9.17) is 28.9 Å².